The Balaban J connectivity index is 1.79. The van der Waals surface area contributed by atoms with E-state index in [0.717, 1.165) is 63.5 Å². The monoisotopic (exact) mass is 341 g/mol. The van der Waals surface area contributed by atoms with Gasteiger partial charge in [-0.1, -0.05) is 19.9 Å². The van der Waals surface area contributed by atoms with Crippen molar-refractivity contribution in [1.29, 1.82) is 0 Å². The van der Waals surface area contributed by atoms with Crippen LogP contribution < -0.4 is 0 Å². The molecule has 0 spiro atoms. The highest BCUT2D eigenvalue weighted by atomic mass is 16.2. The molecule has 0 saturated carbocycles. The van der Waals surface area contributed by atoms with Crippen molar-refractivity contribution in [3.8, 4) is 5.82 Å². The fraction of sp³-hybridized carbons (Fsp3) is 0.526. The van der Waals surface area contributed by atoms with E-state index in [2.05, 4.69) is 28.8 Å². The molecular formula is C19H27N5O. The Morgan fingerprint density at radius 3 is 2.76 bits per heavy atom. The molecule has 0 atom stereocenters. The maximum absolute atomic E-state index is 13.1. The average molecular weight is 341 g/mol. The van der Waals surface area contributed by atoms with E-state index in [-0.39, 0.29) is 5.91 Å². The molecule has 0 bridgehead atoms. The fourth-order valence-corrected chi connectivity index (χ4v) is 3.45. The van der Waals surface area contributed by atoms with Crippen molar-refractivity contribution in [3.63, 3.8) is 0 Å². The molecule has 1 fully saturated rings. The highest BCUT2D eigenvalue weighted by molar-refractivity contribution is 5.95. The summed E-state index contributed by atoms with van der Waals surface area (Å²) in [5.41, 5.74) is 1.63. The first-order chi connectivity index (χ1) is 12.2. The first-order valence-electron chi connectivity index (χ1n) is 9.24. The second-order valence-corrected chi connectivity index (χ2v) is 6.45. The van der Waals surface area contributed by atoms with Gasteiger partial charge in [-0.05, 0) is 44.5 Å². The summed E-state index contributed by atoms with van der Waals surface area (Å²) in [6, 6.07) is 5.72. The van der Waals surface area contributed by atoms with Crippen LogP contribution >= 0.6 is 0 Å². The summed E-state index contributed by atoms with van der Waals surface area (Å²) in [7, 11) is 0. The molecule has 3 rings (SSSR count). The van der Waals surface area contributed by atoms with Gasteiger partial charge in [0.05, 0.1) is 17.5 Å². The topological polar surface area (TPSA) is 54.3 Å². The second kappa shape index (κ2) is 8.25. The largest absolute Gasteiger partial charge is 0.337 e. The Bertz CT molecular complexity index is 697. The van der Waals surface area contributed by atoms with Crippen LogP contribution in [0.15, 0.2) is 30.6 Å². The molecular weight excluding hydrogens is 314 g/mol. The van der Waals surface area contributed by atoms with E-state index in [1.165, 1.54) is 0 Å². The molecule has 0 aliphatic carbocycles. The van der Waals surface area contributed by atoms with E-state index < -0.39 is 0 Å². The van der Waals surface area contributed by atoms with Crippen molar-refractivity contribution in [2.75, 3.05) is 32.7 Å². The molecule has 3 heterocycles. The highest BCUT2D eigenvalue weighted by Crippen LogP contribution is 2.17. The Labute approximate surface area is 149 Å². The van der Waals surface area contributed by atoms with Gasteiger partial charge in [0.1, 0.15) is 0 Å². The van der Waals surface area contributed by atoms with Crippen molar-refractivity contribution in [2.45, 2.75) is 33.1 Å². The minimum Gasteiger partial charge on any atom is -0.337 e. The lowest BCUT2D eigenvalue weighted by molar-refractivity contribution is 0.0760. The number of carbonyl (C=O) groups excluding carboxylic acids is 1. The molecule has 1 aliphatic heterocycles. The summed E-state index contributed by atoms with van der Waals surface area (Å²) >= 11 is 0. The number of hydrogen-bond acceptors (Lipinski definition) is 4. The predicted octanol–water partition coefficient (Wildman–Crippen LogP) is 2.39. The number of hydrogen-bond donors (Lipinski definition) is 0. The van der Waals surface area contributed by atoms with E-state index >= 15 is 0 Å². The zero-order chi connectivity index (χ0) is 17.6. The molecule has 0 N–H and O–H groups in total. The standard InChI is InChI=1S/C19H27N5O/c1-3-10-22-11-7-12-23(14-13-22)19(25)16-15-21-24(17(16)4-2)18-8-5-6-9-20-18/h5-6,8-9,15H,3-4,7,10-14H2,1-2H3. The van der Waals surface area contributed by atoms with Gasteiger partial charge in [0.2, 0.25) is 0 Å². The van der Waals surface area contributed by atoms with Gasteiger partial charge in [0.15, 0.2) is 5.82 Å². The van der Waals surface area contributed by atoms with Crippen molar-refractivity contribution in [1.82, 2.24) is 24.6 Å². The van der Waals surface area contributed by atoms with Gasteiger partial charge < -0.3 is 9.80 Å². The van der Waals surface area contributed by atoms with Crippen LogP contribution in [0.5, 0.6) is 0 Å². The molecule has 2 aromatic rings. The number of carbonyl (C=O) groups is 1. The molecule has 25 heavy (non-hydrogen) atoms. The molecule has 2 aromatic heterocycles. The van der Waals surface area contributed by atoms with Crippen molar-refractivity contribution in [3.05, 3.63) is 41.9 Å². The quantitative estimate of drug-likeness (QED) is 0.838. The molecule has 1 saturated heterocycles. The Morgan fingerprint density at radius 2 is 2.04 bits per heavy atom. The maximum Gasteiger partial charge on any atom is 0.257 e. The van der Waals surface area contributed by atoms with Crippen LogP contribution in [0.4, 0.5) is 0 Å². The van der Waals surface area contributed by atoms with Crippen LogP contribution in [0.3, 0.4) is 0 Å². The highest BCUT2D eigenvalue weighted by Gasteiger charge is 2.24. The first kappa shape index (κ1) is 17.6. The van der Waals surface area contributed by atoms with E-state index in [4.69, 9.17) is 0 Å². The lowest BCUT2D eigenvalue weighted by atomic mass is 10.1. The Morgan fingerprint density at radius 1 is 1.16 bits per heavy atom. The lowest BCUT2D eigenvalue weighted by Gasteiger charge is -2.21. The molecule has 1 amide bonds. The fourth-order valence-electron chi connectivity index (χ4n) is 3.45. The number of amides is 1. The summed E-state index contributed by atoms with van der Waals surface area (Å²) in [5.74, 6) is 0.848. The van der Waals surface area contributed by atoms with Gasteiger partial charge in [-0.15, -0.1) is 0 Å². The third-order valence-electron chi connectivity index (χ3n) is 4.72. The minimum absolute atomic E-state index is 0.0948. The zero-order valence-corrected chi connectivity index (χ0v) is 15.2. The smallest absolute Gasteiger partial charge is 0.257 e. The predicted molar refractivity (Wildman–Crippen MR) is 98.0 cm³/mol. The van der Waals surface area contributed by atoms with Gasteiger partial charge in [0.25, 0.3) is 5.91 Å². The number of rotatable bonds is 5. The Kier molecular flexibility index (Phi) is 5.81. The number of nitrogens with zero attached hydrogens (tertiary/aromatic N) is 5. The van der Waals surface area contributed by atoms with E-state index in [9.17, 15) is 4.79 Å². The molecule has 6 heteroatoms. The summed E-state index contributed by atoms with van der Waals surface area (Å²) in [5, 5.41) is 4.44. The maximum atomic E-state index is 13.1. The summed E-state index contributed by atoms with van der Waals surface area (Å²) in [6.07, 6.45) is 6.37. The number of aromatic nitrogens is 3. The molecule has 134 valence electrons. The van der Waals surface area contributed by atoms with Gasteiger partial charge in [-0.2, -0.15) is 5.10 Å². The second-order valence-electron chi connectivity index (χ2n) is 6.45. The summed E-state index contributed by atoms with van der Waals surface area (Å²) in [4.78, 5) is 21.9. The van der Waals surface area contributed by atoms with E-state index in [1.54, 1.807) is 17.1 Å². The third-order valence-corrected chi connectivity index (χ3v) is 4.72. The third kappa shape index (κ3) is 3.90. The molecule has 0 radical (unpaired) electrons. The van der Waals surface area contributed by atoms with Gasteiger partial charge in [0, 0.05) is 25.8 Å². The van der Waals surface area contributed by atoms with Crippen molar-refractivity contribution in [2.24, 2.45) is 0 Å². The van der Waals surface area contributed by atoms with Crippen LogP contribution in [0, 0.1) is 0 Å². The minimum atomic E-state index is 0.0948. The normalized spacial score (nSPS) is 16.0. The summed E-state index contributed by atoms with van der Waals surface area (Å²) in [6.45, 7) is 9.00. The molecule has 0 unspecified atom stereocenters. The summed E-state index contributed by atoms with van der Waals surface area (Å²) < 4.78 is 1.79. The first-order valence-corrected chi connectivity index (χ1v) is 9.24. The van der Waals surface area contributed by atoms with Crippen LogP contribution in [-0.4, -0.2) is 63.2 Å². The molecule has 0 aromatic carbocycles. The van der Waals surface area contributed by atoms with Crippen LogP contribution in [0.25, 0.3) is 5.82 Å². The van der Waals surface area contributed by atoms with Crippen LogP contribution in [0.2, 0.25) is 0 Å². The molecule has 1 aliphatic rings. The van der Waals surface area contributed by atoms with Gasteiger partial charge in [-0.25, -0.2) is 9.67 Å². The van der Waals surface area contributed by atoms with E-state index in [0.29, 0.717) is 5.56 Å². The Hall–Kier alpha value is -2.21. The van der Waals surface area contributed by atoms with Gasteiger partial charge >= 0.3 is 0 Å². The van der Waals surface area contributed by atoms with Gasteiger partial charge in [-0.3, -0.25) is 4.79 Å². The van der Waals surface area contributed by atoms with Crippen molar-refractivity contribution < 1.29 is 4.79 Å². The zero-order valence-electron chi connectivity index (χ0n) is 15.2. The van der Waals surface area contributed by atoms with Crippen LogP contribution in [-0.2, 0) is 6.42 Å². The molecule has 6 nitrogen and oxygen atoms in total. The van der Waals surface area contributed by atoms with Crippen molar-refractivity contribution >= 4 is 5.91 Å². The average Bonchev–Trinajstić information content (AvgIpc) is 2.94. The van der Waals surface area contributed by atoms with Crippen LogP contribution in [0.1, 0.15) is 42.7 Å². The lowest BCUT2D eigenvalue weighted by Crippen LogP contribution is -2.35. The van der Waals surface area contributed by atoms with E-state index in [1.807, 2.05) is 23.1 Å². The SMILES string of the molecule is CCCN1CCCN(C(=O)c2cnn(-c3ccccn3)c2CC)CC1. The number of pyridine rings is 1.